The molecule has 0 spiro atoms. The van der Waals surface area contributed by atoms with Crippen molar-refractivity contribution in [3.05, 3.63) is 52.7 Å². The van der Waals surface area contributed by atoms with Crippen LogP contribution in [0.2, 0.25) is 0 Å². The van der Waals surface area contributed by atoms with Crippen LogP contribution in [0.5, 0.6) is 0 Å². The van der Waals surface area contributed by atoms with E-state index in [0.717, 1.165) is 25.6 Å². The molecule has 0 amide bonds. The van der Waals surface area contributed by atoms with Gasteiger partial charge in [0.25, 0.3) is 0 Å². The van der Waals surface area contributed by atoms with Crippen molar-refractivity contribution in [2.24, 2.45) is 4.99 Å². The molecule has 0 aliphatic rings. The van der Waals surface area contributed by atoms with E-state index in [0.29, 0.717) is 0 Å². The molecule has 0 bridgehead atoms. The van der Waals surface area contributed by atoms with Crippen molar-refractivity contribution in [2.45, 2.75) is 6.54 Å². The molecular weight excluding hydrogens is 280 g/mol. The Balaban J connectivity index is 1.71. The molecule has 0 fully saturated rings. The van der Waals surface area contributed by atoms with Gasteiger partial charge in [0.1, 0.15) is 0 Å². The summed E-state index contributed by atoms with van der Waals surface area (Å²) in [4.78, 5) is 6.46. The molecule has 5 heteroatoms. The Morgan fingerprint density at radius 1 is 1.19 bits per heavy atom. The zero-order valence-electron chi connectivity index (χ0n) is 12.5. The van der Waals surface area contributed by atoms with Gasteiger partial charge in [0.15, 0.2) is 5.96 Å². The van der Waals surface area contributed by atoms with E-state index >= 15 is 0 Å². The first-order valence-electron chi connectivity index (χ1n) is 7.01. The topological polar surface area (TPSA) is 39.7 Å². The van der Waals surface area contributed by atoms with Crippen LogP contribution in [0, 0.1) is 0 Å². The number of anilines is 1. The Kier molecular flexibility index (Phi) is 6.09. The maximum Gasteiger partial charge on any atom is 0.191 e. The van der Waals surface area contributed by atoms with Crippen LogP contribution in [-0.2, 0) is 6.54 Å². The average molecular weight is 302 g/mol. The zero-order chi connectivity index (χ0) is 14.9. The molecular formula is C16H22N4S. The first-order chi connectivity index (χ1) is 10.3. The lowest BCUT2D eigenvalue weighted by Crippen LogP contribution is -2.40. The number of rotatable bonds is 6. The highest BCUT2D eigenvalue weighted by atomic mass is 32.1. The smallest absolute Gasteiger partial charge is 0.191 e. The molecule has 2 N–H and O–H groups in total. The standard InChI is InChI=1S/C16H22N4S/c1-17-16(19-12-14-8-11-21-13-14)18-9-10-20(2)15-6-4-3-5-7-15/h3-8,11,13H,9-10,12H2,1-2H3,(H2,17,18,19). The maximum atomic E-state index is 4.24. The summed E-state index contributed by atoms with van der Waals surface area (Å²) in [6.45, 7) is 2.57. The quantitative estimate of drug-likeness (QED) is 0.636. The van der Waals surface area contributed by atoms with Gasteiger partial charge in [-0.05, 0) is 34.5 Å². The number of nitrogens with one attached hydrogen (secondary N) is 2. The van der Waals surface area contributed by atoms with E-state index in [-0.39, 0.29) is 0 Å². The van der Waals surface area contributed by atoms with Gasteiger partial charge in [0.05, 0.1) is 0 Å². The van der Waals surface area contributed by atoms with Gasteiger partial charge in [0, 0.05) is 39.4 Å². The summed E-state index contributed by atoms with van der Waals surface area (Å²) in [6, 6.07) is 12.5. The van der Waals surface area contributed by atoms with Crippen LogP contribution in [0.4, 0.5) is 5.69 Å². The summed E-state index contributed by atoms with van der Waals surface area (Å²) in [6.07, 6.45) is 0. The molecule has 0 saturated heterocycles. The van der Waals surface area contributed by atoms with E-state index < -0.39 is 0 Å². The fourth-order valence-electron chi connectivity index (χ4n) is 1.95. The van der Waals surface area contributed by atoms with Crippen molar-refractivity contribution in [3.63, 3.8) is 0 Å². The van der Waals surface area contributed by atoms with E-state index in [1.54, 1.807) is 18.4 Å². The highest BCUT2D eigenvalue weighted by molar-refractivity contribution is 7.07. The highest BCUT2D eigenvalue weighted by Gasteiger charge is 2.01. The maximum absolute atomic E-state index is 4.24. The van der Waals surface area contributed by atoms with Gasteiger partial charge < -0.3 is 15.5 Å². The van der Waals surface area contributed by atoms with Gasteiger partial charge in [0.2, 0.25) is 0 Å². The SMILES string of the molecule is CN=C(NCCN(C)c1ccccc1)NCc1ccsc1. The van der Waals surface area contributed by atoms with Crippen LogP contribution in [0.25, 0.3) is 0 Å². The lowest BCUT2D eigenvalue weighted by molar-refractivity contribution is 0.778. The number of guanidine groups is 1. The largest absolute Gasteiger partial charge is 0.373 e. The van der Waals surface area contributed by atoms with Crippen molar-refractivity contribution in [3.8, 4) is 0 Å². The molecule has 112 valence electrons. The first kappa shape index (κ1) is 15.4. The number of aliphatic imine (C=N–C) groups is 1. The van der Waals surface area contributed by atoms with E-state index in [4.69, 9.17) is 0 Å². The highest BCUT2D eigenvalue weighted by Crippen LogP contribution is 2.09. The van der Waals surface area contributed by atoms with Gasteiger partial charge in [-0.15, -0.1) is 0 Å². The molecule has 0 atom stereocenters. The van der Waals surface area contributed by atoms with Crippen LogP contribution in [0.1, 0.15) is 5.56 Å². The third kappa shape index (κ3) is 5.11. The molecule has 21 heavy (non-hydrogen) atoms. The summed E-state index contributed by atoms with van der Waals surface area (Å²) in [7, 11) is 3.89. The van der Waals surface area contributed by atoms with Gasteiger partial charge in [-0.2, -0.15) is 11.3 Å². The number of thiophene rings is 1. The number of nitrogens with zero attached hydrogens (tertiary/aromatic N) is 2. The third-order valence-corrected chi connectivity index (χ3v) is 3.93. The van der Waals surface area contributed by atoms with Crippen molar-refractivity contribution in [1.82, 2.24) is 10.6 Å². The third-order valence-electron chi connectivity index (χ3n) is 3.20. The Morgan fingerprint density at radius 3 is 2.67 bits per heavy atom. The second kappa shape index (κ2) is 8.32. The molecule has 1 heterocycles. The molecule has 0 radical (unpaired) electrons. The van der Waals surface area contributed by atoms with Crippen LogP contribution in [0.15, 0.2) is 52.2 Å². The summed E-state index contributed by atoms with van der Waals surface area (Å²) in [5, 5.41) is 10.9. The minimum absolute atomic E-state index is 0.803. The molecule has 1 aromatic carbocycles. The predicted octanol–water partition coefficient (Wildman–Crippen LogP) is 2.55. The number of para-hydroxylation sites is 1. The Bertz CT molecular complexity index is 537. The Labute approximate surface area is 130 Å². The average Bonchev–Trinajstić information content (AvgIpc) is 3.04. The molecule has 0 aliphatic heterocycles. The fourth-order valence-corrected chi connectivity index (χ4v) is 2.62. The lowest BCUT2D eigenvalue weighted by Gasteiger charge is -2.20. The molecule has 1 aromatic heterocycles. The Morgan fingerprint density at radius 2 is 2.00 bits per heavy atom. The summed E-state index contributed by atoms with van der Waals surface area (Å²) < 4.78 is 0. The van der Waals surface area contributed by atoms with E-state index in [2.05, 4.69) is 68.7 Å². The molecule has 2 rings (SSSR count). The lowest BCUT2D eigenvalue weighted by atomic mass is 10.3. The number of likely N-dealkylation sites (N-methyl/N-ethyl adjacent to an activating group) is 1. The zero-order valence-corrected chi connectivity index (χ0v) is 13.4. The normalized spacial score (nSPS) is 11.2. The van der Waals surface area contributed by atoms with Crippen LogP contribution >= 0.6 is 11.3 Å². The molecule has 0 unspecified atom stereocenters. The van der Waals surface area contributed by atoms with E-state index in [1.165, 1.54) is 11.3 Å². The van der Waals surface area contributed by atoms with Crippen LogP contribution in [0.3, 0.4) is 0 Å². The predicted molar refractivity (Wildman–Crippen MR) is 92.2 cm³/mol. The fraction of sp³-hybridized carbons (Fsp3) is 0.312. The minimum Gasteiger partial charge on any atom is -0.373 e. The van der Waals surface area contributed by atoms with E-state index in [9.17, 15) is 0 Å². The van der Waals surface area contributed by atoms with Gasteiger partial charge in [-0.1, -0.05) is 18.2 Å². The van der Waals surface area contributed by atoms with Crippen molar-refractivity contribution < 1.29 is 0 Å². The number of benzene rings is 1. The molecule has 0 saturated carbocycles. The molecule has 0 aliphatic carbocycles. The molecule has 4 nitrogen and oxygen atoms in total. The summed E-state index contributed by atoms with van der Waals surface area (Å²) in [5.41, 5.74) is 2.50. The summed E-state index contributed by atoms with van der Waals surface area (Å²) in [5.74, 6) is 0.836. The second-order valence-corrected chi connectivity index (χ2v) is 5.52. The van der Waals surface area contributed by atoms with E-state index in [1.807, 2.05) is 6.07 Å². The second-order valence-electron chi connectivity index (χ2n) is 4.74. The van der Waals surface area contributed by atoms with Crippen molar-refractivity contribution in [2.75, 3.05) is 32.1 Å². The van der Waals surface area contributed by atoms with Crippen molar-refractivity contribution in [1.29, 1.82) is 0 Å². The van der Waals surface area contributed by atoms with Crippen LogP contribution < -0.4 is 15.5 Å². The monoisotopic (exact) mass is 302 g/mol. The Hall–Kier alpha value is -2.01. The minimum atomic E-state index is 0.803. The van der Waals surface area contributed by atoms with Crippen molar-refractivity contribution >= 4 is 23.0 Å². The number of hydrogen-bond acceptors (Lipinski definition) is 3. The van der Waals surface area contributed by atoms with Crippen LogP contribution in [-0.4, -0.2) is 33.1 Å². The van der Waals surface area contributed by atoms with Gasteiger partial charge >= 0.3 is 0 Å². The number of hydrogen-bond donors (Lipinski definition) is 2. The van der Waals surface area contributed by atoms with Gasteiger partial charge in [-0.25, -0.2) is 0 Å². The van der Waals surface area contributed by atoms with Gasteiger partial charge in [-0.3, -0.25) is 4.99 Å². The molecule has 2 aromatic rings. The first-order valence-corrected chi connectivity index (χ1v) is 7.95. The summed E-state index contributed by atoms with van der Waals surface area (Å²) >= 11 is 1.71.